The molecule has 1 aromatic carbocycles. The van der Waals surface area contributed by atoms with E-state index in [4.69, 9.17) is 0 Å². The lowest BCUT2D eigenvalue weighted by Crippen LogP contribution is -2.37. The average Bonchev–Trinajstić information content (AvgIpc) is 2.51. The zero-order valence-corrected chi connectivity index (χ0v) is 15.9. The highest BCUT2D eigenvalue weighted by Gasteiger charge is 2.16. The summed E-state index contributed by atoms with van der Waals surface area (Å²) >= 11 is 0. The van der Waals surface area contributed by atoms with Gasteiger partial charge in [-0.05, 0) is 56.2 Å². The molecule has 0 aliphatic heterocycles. The van der Waals surface area contributed by atoms with Crippen LogP contribution in [0, 0.1) is 0 Å². The normalized spacial score (nSPS) is 14.0. The molecule has 0 aromatic heterocycles. The van der Waals surface area contributed by atoms with Gasteiger partial charge in [-0.3, -0.25) is 0 Å². The van der Waals surface area contributed by atoms with Gasteiger partial charge in [-0.2, -0.15) is 0 Å². The highest BCUT2D eigenvalue weighted by Crippen LogP contribution is 2.30. The first kappa shape index (κ1) is 19.1. The number of aliphatic imine (C=N–C) groups is 1. The maximum absolute atomic E-state index is 10.2. The molecular formula is C17H28IN3O. The second-order valence-corrected chi connectivity index (χ2v) is 5.53. The summed E-state index contributed by atoms with van der Waals surface area (Å²) in [4.78, 5) is 4.62. The summed E-state index contributed by atoms with van der Waals surface area (Å²) in [6.45, 7) is 6.48. The molecule has 0 saturated heterocycles. The van der Waals surface area contributed by atoms with E-state index in [1.165, 1.54) is 24.0 Å². The van der Waals surface area contributed by atoms with E-state index in [0.717, 1.165) is 43.9 Å². The van der Waals surface area contributed by atoms with E-state index < -0.39 is 0 Å². The molecule has 4 nitrogen and oxygen atoms in total. The van der Waals surface area contributed by atoms with Gasteiger partial charge in [0.2, 0.25) is 0 Å². The van der Waals surface area contributed by atoms with Gasteiger partial charge in [-0.1, -0.05) is 13.0 Å². The molecule has 0 radical (unpaired) electrons. The Morgan fingerprint density at radius 3 is 2.68 bits per heavy atom. The summed E-state index contributed by atoms with van der Waals surface area (Å²) in [5, 5.41) is 16.7. The van der Waals surface area contributed by atoms with Crippen molar-refractivity contribution in [3.05, 3.63) is 28.8 Å². The van der Waals surface area contributed by atoms with Crippen LogP contribution in [0.2, 0.25) is 0 Å². The minimum Gasteiger partial charge on any atom is -0.508 e. The molecule has 0 heterocycles. The molecule has 0 saturated carbocycles. The van der Waals surface area contributed by atoms with E-state index in [1.807, 2.05) is 6.07 Å². The third kappa shape index (κ3) is 5.04. The fraction of sp³-hybridized carbons (Fsp3) is 0.588. The van der Waals surface area contributed by atoms with Gasteiger partial charge in [0.15, 0.2) is 5.96 Å². The molecule has 124 valence electrons. The number of phenols is 1. The smallest absolute Gasteiger partial charge is 0.191 e. The molecule has 1 aliphatic rings. The van der Waals surface area contributed by atoms with Crippen molar-refractivity contribution in [1.82, 2.24) is 10.6 Å². The first-order valence-corrected chi connectivity index (χ1v) is 8.11. The summed E-state index contributed by atoms with van der Waals surface area (Å²) in [6, 6.07) is 3.89. The Morgan fingerprint density at radius 2 is 1.95 bits per heavy atom. The van der Waals surface area contributed by atoms with Crippen molar-refractivity contribution in [2.75, 3.05) is 13.1 Å². The number of fused-ring (bicyclic) bond motifs is 1. The summed E-state index contributed by atoms with van der Waals surface area (Å²) in [5.74, 6) is 1.21. The quantitative estimate of drug-likeness (QED) is 0.391. The minimum absolute atomic E-state index is 0. The molecule has 3 N–H and O–H groups in total. The van der Waals surface area contributed by atoms with Crippen molar-refractivity contribution < 1.29 is 5.11 Å². The van der Waals surface area contributed by atoms with Crippen LogP contribution in [0.15, 0.2) is 17.1 Å². The van der Waals surface area contributed by atoms with Gasteiger partial charge >= 0.3 is 0 Å². The van der Waals surface area contributed by atoms with Crippen LogP contribution in [0.5, 0.6) is 5.75 Å². The van der Waals surface area contributed by atoms with Gasteiger partial charge in [0.25, 0.3) is 0 Å². The fourth-order valence-corrected chi connectivity index (χ4v) is 2.81. The van der Waals surface area contributed by atoms with E-state index in [0.29, 0.717) is 12.3 Å². The van der Waals surface area contributed by atoms with Gasteiger partial charge in [0.1, 0.15) is 5.75 Å². The number of hydrogen-bond donors (Lipinski definition) is 3. The monoisotopic (exact) mass is 417 g/mol. The number of benzene rings is 1. The van der Waals surface area contributed by atoms with Crippen LogP contribution in [-0.2, 0) is 19.4 Å². The number of halogens is 1. The fourth-order valence-electron chi connectivity index (χ4n) is 2.81. The zero-order valence-electron chi connectivity index (χ0n) is 13.6. The molecule has 5 heteroatoms. The molecule has 0 spiro atoms. The lowest BCUT2D eigenvalue weighted by molar-refractivity contribution is 0.465. The number of phenolic OH excluding ortho intramolecular Hbond substituents is 1. The molecule has 0 amide bonds. The Kier molecular flexibility index (Phi) is 8.60. The van der Waals surface area contributed by atoms with Crippen molar-refractivity contribution >= 4 is 29.9 Å². The number of aryl methyl sites for hydroxylation is 1. The van der Waals surface area contributed by atoms with Crippen molar-refractivity contribution in [3.63, 3.8) is 0 Å². The standard InChI is InChI=1S/C17H27N3O.HI/c1-3-11-19-17(18-4-2)20-12-15-14-8-6-5-7-13(14)9-10-16(15)21;/h9-10,21H,3-8,11-12H2,1-2H3,(H2,18,19,20);1H. The third-order valence-electron chi connectivity index (χ3n) is 3.91. The number of guanidine groups is 1. The minimum atomic E-state index is 0. The van der Waals surface area contributed by atoms with Crippen LogP contribution in [0.25, 0.3) is 0 Å². The van der Waals surface area contributed by atoms with E-state index >= 15 is 0 Å². The van der Waals surface area contributed by atoms with Crippen LogP contribution in [0.1, 0.15) is 49.8 Å². The van der Waals surface area contributed by atoms with Crippen LogP contribution in [0.3, 0.4) is 0 Å². The number of hydrogen-bond acceptors (Lipinski definition) is 2. The number of rotatable bonds is 5. The van der Waals surface area contributed by atoms with Gasteiger partial charge in [0.05, 0.1) is 6.54 Å². The maximum Gasteiger partial charge on any atom is 0.191 e. The van der Waals surface area contributed by atoms with Gasteiger partial charge in [0, 0.05) is 18.7 Å². The topological polar surface area (TPSA) is 56.7 Å². The molecule has 1 aliphatic carbocycles. The highest BCUT2D eigenvalue weighted by atomic mass is 127. The van der Waals surface area contributed by atoms with Crippen molar-refractivity contribution in [1.29, 1.82) is 0 Å². The van der Waals surface area contributed by atoms with Crippen LogP contribution >= 0.6 is 24.0 Å². The number of nitrogens with one attached hydrogen (secondary N) is 2. The molecule has 0 unspecified atom stereocenters. The van der Waals surface area contributed by atoms with Crippen LogP contribution in [-0.4, -0.2) is 24.2 Å². The first-order chi connectivity index (χ1) is 10.3. The molecule has 22 heavy (non-hydrogen) atoms. The number of aromatic hydroxyl groups is 1. The Hall–Kier alpha value is -0.980. The van der Waals surface area contributed by atoms with Crippen molar-refractivity contribution in [2.45, 2.75) is 52.5 Å². The van der Waals surface area contributed by atoms with E-state index in [1.54, 1.807) is 0 Å². The summed E-state index contributed by atoms with van der Waals surface area (Å²) in [5.41, 5.74) is 3.70. The van der Waals surface area contributed by atoms with E-state index in [-0.39, 0.29) is 24.0 Å². The second kappa shape index (κ2) is 9.92. The molecule has 1 aromatic rings. The zero-order chi connectivity index (χ0) is 15.1. The molecule has 2 rings (SSSR count). The average molecular weight is 417 g/mol. The predicted octanol–water partition coefficient (Wildman–Crippen LogP) is 3.35. The molecule has 0 atom stereocenters. The lowest BCUT2D eigenvalue weighted by Gasteiger charge is -2.20. The second-order valence-electron chi connectivity index (χ2n) is 5.53. The SMILES string of the molecule is CCCNC(=NCc1c(O)ccc2c1CCCC2)NCC.I. The predicted molar refractivity (Wildman–Crippen MR) is 103 cm³/mol. The Bertz CT molecular complexity index is 503. The largest absolute Gasteiger partial charge is 0.508 e. The first-order valence-electron chi connectivity index (χ1n) is 8.11. The maximum atomic E-state index is 10.2. The van der Waals surface area contributed by atoms with Gasteiger partial charge < -0.3 is 15.7 Å². The van der Waals surface area contributed by atoms with Crippen LogP contribution < -0.4 is 10.6 Å². The van der Waals surface area contributed by atoms with Crippen molar-refractivity contribution in [3.8, 4) is 5.75 Å². The van der Waals surface area contributed by atoms with E-state index in [2.05, 4.69) is 35.5 Å². The Balaban J connectivity index is 0.00000242. The van der Waals surface area contributed by atoms with Gasteiger partial charge in [-0.25, -0.2) is 4.99 Å². The Labute approximate surface area is 150 Å². The van der Waals surface area contributed by atoms with Crippen LogP contribution in [0.4, 0.5) is 0 Å². The van der Waals surface area contributed by atoms with Gasteiger partial charge in [-0.15, -0.1) is 24.0 Å². The summed E-state index contributed by atoms with van der Waals surface area (Å²) in [6.07, 6.45) is 5.72. The molecule has 0 fully saturated rings. The number of nitrogens with zero attached hydrogens (tertiary/aromatic N) is 1. The molecule has 0 bridgehead atoms. The molecular weight excluding hydrogens is 389 g/mol. The summed E-state index contributed by atoms with van der Waals surface area (Å²) < 4.78 is 0. The van der Waals surface area contributed by atoms with E-state index in [9.17, 15) is 5.11 Å². The van der Waals surface area contributed by atoms with Crippen molar-refractivity contribution in [2.24, 2.45) is 4.99 Å². The third-order valence-corrected chi connectivity index (χ3v) is 3.91. The highest BCUT2D eigenvalue weighted by molar-refractivity contribution is 14.0. The Morgan fingerprint density at radius 1 is 1.18 bits per heavy atom. The lowest BCUT2D eigenvalue weighted by atomic mass is 9.88. The summed E-state index contributed by atoms with van der Waals surface area (Å²) in [7, 11) is 0.